The summed E-state index contributed by atoms with van der Waals surface area (Å²) in [5.41, 5.74) is 1.16. The largest absolute Gasteiger partial charge is 0.493 e. The van der Waals surface area contributed by atoms with Crippen LogP contribution in [0.2, 0.25) is 5.28 Å². The van der Waals surface area contributed by atoms with Crippen molar-refractivity contribution in [3.63, 3.8) is 0 Å². The first kappa shape index (κ1) is 16.4. The van der Waals surface area contributed by atoms with Crippen LogP contribution in [0.3, 0.4) is 0 Å². The van der Waals surface area contributed by atoms with Crippen LogP contribution in [-0.2, 0) is 0 Å². The number of amides is 1. The highest BCUT2D eigenvalue weighted by molar-refractivity contribution is 6.28. The van der Waals surface area contributed by atoms with E-state index in [0.717, 1.165) is 11.8 Å². The molecular weight excluding hydrogens is 337 g/mol. The van der Waals surface area contributed by atoms with Gasteiger partial charge in [-0.2, -0.15) is 4.98 Å². The van der Waals surface area contributed by atoms with Crippen molar-refractivity contribution in [2.45, 2.75) is 19.4 Å². The summed E-state index contributed by atoms with van der Waals surface area (Å²) < 4.78 is 24.7. The molecule has 1 aromatic carbocycles. The van der Waals surface area contributed by atoms with Gasteiger partial charge in [0.15, 0.2) is 23.1 Å². The van der Waals surface area contributed by atoms with Crippen molar-refractivity contribution in [2.75, 3.05) is 19.1 Å². The Morgan fingerprint density at radius 1 is 1.29 bits per heavy atom. The minimum Gasteiger partial charge on any atom is -0.493 e. The van der Waals surface area contributed by atoms with E-state index in [0.29, 0.717) is 23.5 Å². The molecular formula is C16H15ClFN3O3. The van der Waals surface area contributed by atoms with E-state index in [1.54, 1.807) is 12.1 Å². The molecule has 0 saturated heterocycles. The summed E-state index contributed by atoms with van der Waals surface area (Å²) >= 11 is 5.77. The molecule has 0 aliphatic carbocycles. The highest BCUT2D eigenvalue weighted by Gasteiger charge is 2.40. The Balaban J connectivity index is 2.17. The number of ether oxygens (including phenoxy) is 2. The van der Waals surface area contributed by atoms with Crippen LogP contribution in [0.4, 0.5) is 10.2 Å². The van der Waals surface area contributed by atoms with E-state index in [1.165, 1.54) is 19.1 Å². The van der Waals surface area contributed by atoms with Gasteiger partial charge < -0.3 is 9.47 Å². The molecule has 3 rings (SSSR count). The van der Waals surface area contributed by atoms with Crippen LogP contribution in [0.5, 0.6) is 11.5 Å². The lowest BCUT2D eigenvalue weighted by atomic mass is 10.0. The fraction of sp³-hybridized carbons (Fsp3) is 0.312. The molecule has 24 heavy (non-hydrogen) atoms. The highest BCUT2D eigenvalue weighted by Crippen LogP contribution is 2.44. The first-order valence-corrected chi connectivity index (χ1v) is 7.67. The molecule has 126 valence electrons. The summed E-state index contributed by atoms with van der Waals surface area (Å²) in [6.45, 7) is 1.90. The molecule has 1 aromatic heterocycles. The number of benzene rings is 1. The molecule has 2 heterocycles. The lowest BCUT2D eigenvalue weighted by Gasteiger charge is -2.23. The summed E-state index contributed by atoms with van der Waals surface area (Å²) in [6, 6.07) is 2.95. The summed E-state index contributed by atoms with van der Waals surface area (Å²) in [7, 11) is 3.01. The third-order valence-electron chi connectivity index (χ3n) is 3.99. The van der Waals surface area contributed by atoms with Gasteiger partial charge in [0.25, 0.3) is 5.91 Å². The van der Waals surface area contributed by atoms with Crippen LogP contribution in [0.25, 0.3) is 0 Å². The Morgan fingerprint density at radius 2 is 1.96 bits per heavy atom. The van der Waals surface area contributed by atoms with Crippen molar-refractivity contribution in [1.82, 2.24) is 9.97 Å². The Kier molecular flexibility index (Phi) is 4.28. The van der Waals surface area contributed by atoms with E-state index in [9.17, 15) is 9.18 Å². The third-order valence-corrected chi connectivity index (χ3v) is 4.17. The topological polar surface area (TPSA) is 64.6 Å². The molecule has 1 aliphatic rings. The quantitative estimate of drug-likeness (QED) is 0.790. The smallest absolute Gasteiger partial charge is 0.260 e. The second-order valence-electron chi connectivity index (χ2n) is 5.20. The van der Waals surface area contributed by atoms with E-state index in [1.807, 2.05) is 6.92 Å². The number of nitrogens with zero attached hydrogens (tertiary/aromatic N) is 3. The maximum absolute atomic E-state index is 14.2. The van der Waals surface area contributed by atoms with E-state index >= 15 is 0 Å². The number of hydrogen-bond acceptors (Lipinski definition) is 5. The number of carbonyl (C=O) groups excluding carboxylic acids is 1. The molecule has 0 bridgehead atoms. The summed E-state index contributed by atoms with van der Waals surface area (Å²) in [5, 5.41) is -0.125. The first-order chi connectivity index (χ1) is 11.5. The van der Waals surface area contributed by atoms with Crippen molar-refractivity contribution < 1.29 is 18.7 Å². The zero-order valence-electron chi connectivity index (χ0n) is 13.3. The molecule has 8 heteroatoms. The van der Waals surface area contributed by atoms with Gasteiger partial charge in [0.1, 0.15) is 0 Å². The average molecular weight is 352 g/mol. The molecule has 1 amide bonds. The van der Waals surface area contributed by atoms with Gasteiger partial charge in [0, 0.05) is 5.56 Å². The Morgan fingerprint density at radius 3 is 2.58 bits per heavy atom. The number of aromatic nitrogens is 2. The standard InChI is InChI=1S/C16H15ClFN3O3/c1-4-11-8-5-12(23-2)13(24-3)6-9(8)15(22)21(11)14-10(18)7-19-16(17)20-14/h5-7,11H,4H2,1-3H3. The van der Waals surface area contributed by atoms with Gasteiger partial charge >= 0.3 is 0 Å². The van der Waals surface area contributed by atoms with Crippen molar-refractivity contribution in [2.24, 2.45) is 0 Å². The molecule has 0 radical (unpaired) electrons. The van der Waals surface area contributed by atoms with Crippen LogP contribution in [0, 0.1) is 5.82 Å². The van der Waals surface area contributed by atoms with Gasteiger partial charge in [-0.25, -0.2) is 9.37 Å². The second-order valence-corrected chi connectivity index (χ2v) is 5.54. The number of fused-ring (bicyclic) bond motifs is 1. The maximum atomic E-state index is 14.2. The average Bonchev–Trinajstić information content (AvgIpc) is 2.87. The van der Waals surface area contributed by atoms with E-state index in [4.69, 9.17) is 21.1 Å². The molecule has 1 unspecified atom stereocenters. The molecule has 2 aromatic rings. The molecule has 0 N–H and O–H groups in total. The van der Waals surface area contributed by atoms with Crippen molar-refractivity contribution in [3.8, 4) is 11.5 Å². The van der Waals surface area contributed by atoms with Crippen LogP contribution in [0.15, 0.2) is 18.3 Å². The maximum Gasteiger partial charge on any atom is 0.260 e. The Hall–Kier alpha value is -2.41. The molecule has 0 saturated carbocycles. The van der Waals surface area contributed by atoms with Gasteiger partial charge in [-0.15, -0.1) is 0 Å². The minimum absolute atomic E-state index is 0.125. The van der Waals surface area contributed by atoms with Gasteiger partial charge in [-0.1, -0.05) is 6.92 Å². The number of anilines is 1. The summed E-state index contributed by atoms with van der Waals surface area (Å²) in [5.74, 6) is -0.279. The predicted molar refractivity (Wildman–Crippen MR) is 86.4 cm³/mol. The number of halogens is 2. The Labute approximate surface area is 143 Å². The molecule has 0 fully saturated rings. The van der Waals surface area contributed by atoms with Crippen LogP contribution in [0.1, 0.15) is 35.3 Å². The number of carbonyl (C=O) groups is 1. The van der Waals surface area contributed by atoms with Gasteiger partial charge in [0.05, 0.1) is 26.5 Å². The normalized spacial score (nSPS) is 16.3. The first-order valence-electron chi connectivity index (χ1n) is 7.29. The Bertz CT molecular complexity index is 815. The second kappa shape index (κ2) is 6.24. The fourth-order valence-corrected chi connectivity index (χ4v) is 3.05. The lowest BCUT2D eigenvalue weighted by molar-refractivity contribution is 0.0988. The van der Waals surface area contributed by atoms with Crippen molar-refractivity contribution in [1.29, 1.82) is 0 Å². The molecule has 1 aliphatic heterocycles. The molecule has 1 atom stereocenters. The van der Waals surface area contributed by atoms with Crippen LogP contribution >= 0.6 is 11.6 Å². The van der Waals surface area contributed by atoms with E-state index < -0.39 is 5.82 Å². The van der Waals surface area contributed by atoms with Crippen molar-refractivity contribution in [3.05, 3.63) is 40.6 Å². The minimum atomic E-state index is -0.710. The zero-order chi connectivity index (χ0) is 17.4. The van der Waals surface area contributed by atoms with E-state index in [-0.39, 0.29) is 23.1 Å². The monoisotopic (exact) mass is 351 g/mol. The number of rotatable bonds is 4. The lowest BCUT2D eigenvalue weighted by Crippen LogP contribution is -2.29. The van der Waals surface area contributed by atoms with Gasteiger partial charge in [-0.05, 0) is 35.7 Å². The van der Waals surface area contributed by atoms with Gasteiger partial charge in [-0.3, -0.25) is 9.69 Å². The highest BCUT2D eigenvalue weighted by atomic mass is 35.5. The molecule has 6 nitrogen and oxygen atoms in total. The zero-order valence-corrected chi connectivity index (χ0v) is 14.1. The summed E-state index contributed by atoms with van der Waals surface area (Å²) in [6.07, 6.45) is 1.52. The van der Waals surface area contributed by atoms with Crippen LogP contribution in [-0.4, -0.2) is 30.1 Å². The SMILES string of the molecule is CCC1c2cc(OC)c(OC)cc2C(=O)N1c1nc(Cl)ncc1F. The number of hydrogen-bond donors (Lipinski definition) is 0. The van der Waals surface area contributed by atoms with Crippen molar-refractivity contribution >= 4 is 23.3 Å². The fourth-order valence-electron chi connectivity index (χ4n) is 2.92. The third kappa shape index (κ3) is 2.45. The predicted octanol–water partition coefficient (Wildman–Crippen LogP) is 3.40. The van der Waals surface area contributed by atoms with E-state index in [2.05, 4.69) is 9.97 Å². The summed E-state index contributed by atoms with van der Waals surface area (Å²) in [4.78, 5) is 21.6. The number of methoxy groups -OCH3 is 2. The van der Waals surface area contributed by atoms with Crippen LogP contribution < -0.4 is 14.4 Å². The van der Waals surface area contributed by atoms with Gasteiger partial charge in [0.2, 0.25) is 5.28 Å². The molecule has 0 spiro atoms.